The molecule has 1 atom stereocenters. The lowest BCUT2D eigenvalue weighted by molar-refractivity contribution is -0.702. The van der Waals surface area contributed by atoms with Gasteiger partial charge in [-0.25, -0.2) is 0 Å². The minimum absolute atomic E-state index is 0.776. The Kier molecular flexibility index (Phi) is 5.06. The van der Waals surface area contributed by atoms with Gasteiger partial charge in [0, 0.05) is 12.0 Å². The van der Waals surface area contributed by atoms with Crippen molar-refractivity contribution in [1.82, 2.24) is 0 Å². The van der Waals surface area contributed by atoms with Gasteiger partial charge in [-0.1, -0.05) is 62.4 Å². The summed E-state index contributed by atoms with van der Waals surface area (Å²) in [5, 5.41) is 2.50. The second-order valence-corrected chi connectivity index (χ2v) is 5.64. The third-order valence-electron chi connectivity index (χ3n) is 4.03. The highest BCUT2D eigenvalue weighted by Crippen LogP contribution is 2.26. The van der Waals surface area contributed by atoms with Crippen LogP contribution in [0.5, 0.6) is 0 Å². The minimum Gasteiger partial charge on any atom is -0.340 e. The van der Waals surface area contributed by atoms with E-state index in [1.165, 1.54) is 44.1 Å². The third kappa shape index (κ3) is 4.51. The summed E-state index contributed by atoms with van der Waals surface area (Å²) in [6, 6.07) is 11.6. The van der Waals surface area contributed by atoms with E-state index < -0.39 is 0 Å². The molecule has 17 heavy (non-hydrogen) atoms. The summed E-state index contributed by atoms with van der Waals surface area (Å²) in [4.78, 5) is 0. The Morgan fingerprint density at radius 2 is 1.82 bits per heavy atom. The van der Waals surface area contributed by atoms with Crippen LogP contribution in [-0.2, 0) is 6.54 Å². The highest BCUT2D eigenvalue weighted by molar-refractivity contribution is 5.12. The van der Waals surface area contributed by atoms with Gasteiger partial charge in [-0.15, -0.1) is 0 Å². The van der Waals surface area contributed by atoms with Crippen molar-refractivity contribution in [2.75, 3.05) is 0 Å². The van der Waals surface area contributed by atoms with E-state index >= 15 is 0 Å². The fraction of sp³-hybridized carbons (Fsp3) is 0.625. The summed E-state index contributed by atoms with van der Waals surface area (Å²) >= 11 is 0. The Morgan fingerprint density at radius 1 is 1.12 bits per heavy atom. The third-order valence-corrected chi connectivity index (χ3v) is 4.03. The van der Waals surface area contributed by atoms with Crippen LogP contribution in [0.2, 0.25) is 0 Å². The largest absolute Gasteiger partial charge is 0.340 e. The molecule has 94 valence electrons. The van der Waals surface area contributed by atoms with E-state index in [4.69, 9.17) is 0 Å². The number of quaternary nitrogens is 1. The molecule has 0 aliphatic heterocycles. The molecule has 0 heterocycles. The van der Waals surface area contributed by atoms with Crippen LogP contribution in [0.25, 0.3) is 0 Å². The molecule has 2 rings (SSSR count). The van der Waals surface area contributed by atoms with Crippen molar-refractivity contribution in [3.05, 3.63) is 35.9 Å². The molecule has 0 radical (unpaired) electrons. The fourth-order valence-corrected chi connectivity index (χ4v) is 3.00. The summed E-state index contributed by atoms with van der Waals surface area (Å²) in [6.07, 6.45) is 8.77. The lowest BCUT2D eigenvalue weighted by Gasteiger charge is -2.23. The van der Waals surface area contributed by atoms with E-state index in [2.05, 4.69) is 42.6 Å². The van der Waals surface area contributed by atoms with Crippen LogP contribution in [0.15, 0.2) is 30.3 Å². The predicted molar refractivity (Wildman–Crippen MR) is 72.7 cm³/mol. The van der Waals surface area contributed by atoms with E-state index in [9.17, 15) is 0 Å². The summed E-state index contributed by atoms with van der Waals surface area (Å²) in [6.45, 7) is 3.52. The molecule has 0 saturated heterocycles. The molecule has 0 unspecified atom stereocenters. The maximum Gasteiger partial charge on any atom is 0.101 e. The van der Waals surface area contributed by atoms with Gasteiger partial charge < -0.3 is 5.32 Å². The van der Waals surface area contributed by atoms with Crippen molar-refractivity contribution < 1.29 is 5.32 Å². The summed E-state index contributed by atoms with van der Waals surface area (Å²) in [7, 11) is 0. The second-order valence-electron chi connectivity index (χ2n) is 5.64. The van der Waals surface area contributed by atoms with Gasteiger partial charge in [0.1, 0.15) is 6.54 Å². The maximum absolute atomic E-state index is 2.50. The van der Waals surface area contributed by atoms with Gasteiger partial charge in [-0.2, -0.15) is 0 Å². The Labute approximate surface area is 106 Å². The molecule has 0 amide bonds. The standard InChI is InChI=1S/C16H25N/c1-14(12-15-8-4-2-5-9-15)17-13-16-10-6-3-7-11-16/h3,6-7,10-11,14-15,17H,2,4-5,8-9,12-13H2,1H3/p+1/t14-/m1/s1. The molecular formula is C16H26N+. The van der Waals surface area contributed by atoms with Gasteiger partial charge in [-0.05, 0) is 12.8 Å². The van der Waals surface area contributed by atoms with Crippen molar-refractivity contribution in [3.8, 4) is 0 Å². The summed E-state index contributed by atoms with van der Waals surface area (Å²) in [5.41, 5.74) is 1.45. The lowest BCUT2D eigenvalue weighted by Crippen LogP contribution is -2.87. The predicted octanol–water partition coefficient (Wildman–Crippen LogP) is 3.11. The van der Waals surface area contributed by atoms with Crippen molar-refractivity contribution in [2.24, 2.45) is 5.92 Å². The van der Waals surface area contributed by atoms with E-state index in [0.717, 1.165) is 18.5 Å². The quantitative estimate of drug-likeness (QED) is 0.803. The summed E-state index contributed by atoms with van der Waals surface area (Å²) in [5.74, 6) is 1.01. The molecule has 1 nitrogen and oxygen atoms in total. The first kappa shape index (κ1) is 12.6. The number of rotatable bonds is 5. The monoisotopic (exact) mass is 232 g/mol. The van der Waals surface area contributed by atoms with Crippen molar-refractivity contribution >= 4 is 0 Å². The van der Waals surface area contributed by atoms with Crippen LogP contribution in [0.4, 0.5) is 0 Å². The van der Waals surface area contributed by atoms with Gasteiger partial charge in [0.25, 0.3) is 0 Å². The fourth-order valence-electron chi connectivity index (χ4n) is 3.00. The number of nitrogens with two attached hydrogens (primary N) is 1. The molecule has 1 aliphatic carbocycles. The molecule has 0 spiro atoms. The van der Waals surface area contributed by atoms with Crippen molar-refractivity contribution in [1.29, 1.82) is 0 Å². The van der Waals surface area contributed by atoms with Crippen LogP contribution < -0.4 is 5.32 Å². The molecule has 1 fully saturated rings. The van der Waals surface area contributed by atoms with E-state index in [1.807, 2.05) is 0 Å². The Bertz CT molecular complexity index is 301. The van der Waals surface area contributed by atoms with Crippen molar-refractivity contribution in [2.45, 2.75) is 58.0 Å². The van der Waals surface area contributed by atoms with E-state index in [-0.39, 0.29) is 0 Å². The molecule has 1 aromatic carbocycles. The van der Waals surface area contributed by atoms with Gasteiger partial charge in [-0.3, -0.25) is 0 Å². The van der Waals surface area contributed by atoms with Crippen LogP contribution in [0.3, 0.4) is 0 Å². The maximum atomic E-state index is 2.50. The SMILES string of the molecule is C[C@H](CC1CCCCC1)[NH2+]Cc1ccccc1. The van der Waals surface area contributed by atoms with E-state index in [1.54, 1.807) is 0 Å². The zero-order chi connectivity index (χ0) is 11.9. The van der Waals surface area contributed by atoms with Gasteiger partial charge in [0.2, 0.25) is 0 Å². The molecule has 0 bridgehead atoms. The van der Waals surface area contributed by atoms with Crippen LogP contribution in [-0.4, -0.2) is 6.04 Å². The first-order valence-corrected chi connectivity index (χ1v) is 7.22. The zero-order valence-electron chi connectivity index (χ0n) is 11.1. The molecule has 1 aliphatic rings. The molecule has 0 aromatic heterocycles. The zero-order valence-corrected chi connectivity index (χ0v) is 11.1. The second kappa shape index (κ2) is 6.80. The normalized spacial score (nSPS) is 19.1. The average molecular weight is 232 g/mol. The Morgan fingerprint density at radius 3 is 2.53 bits per heavy atom. The average Bonchev–Trinajstić information content (AvgIpc) is 2.39. The first-order valence-electron chi connectivity index (χ1n) is 7.22. The number of benzene rings is 1. The minimum atomic E-state index is 0.776. The van der Waals surface area contributed by atoms with Crippen molar-refractivity contribution in [3.63, 3.8) is 0 Å². The topological polar surface area (TPSA) is 16.6 Å². The smallest absolute Gasteiger partial charge is 0.101 e. The first-order chi connectivity index (χ1) is 8.34. The van der Waals surface area contributed by atoms with Gasteiger partial charge >= 0.3 is 0 Å². The highest BCUT2D eigenvalue weighted by atomic mass is 14.9. The Hall–Kier alpha value is -0.820. The number of hydrogen-bond acceptors (Lipinski definition) is 0. The van der Waals surface area contributed by atoms with E-state index in [0.29, 0.717) is 0 Å². The molecular weight excluding hydrogens is 206 g/mol. The summed E-state index contributed by atoms with van der Waals surface area (Å²) < 4.78 is 0. The Balaban J connectivity index is 1.68. The van der Waals surface area contributed by atoms with Crippen LogP contribution in [0, 0.1) is 5.92 Å². The molecule has 2 N–H and O–H groups in total. The molecule has 1 aromatic rings. The van der Waals surface area contributed by atoms with Crippen LogP contribution in [0.1, 0.15) is 51.0 Å². The van der Waals surface area contributed by atoms with Gasteiger partial charge in [0.15, 0.2) is 0 Å². The highest BCUT2D eigenvalue weighted by Gasteiger charge is 2.17. The lowest BCUT2D eigenvalue weighted by atomic mass is 9.85. The number of hydrogen-bond donors (Lipinski definition) is 1. The van der Waals surface area contributed by atoms with Gasteiger partial charge in [0.05, 0.1) is 6.04 Å². The molecule has 1 heteroatoms. The molecule has 1 saturated carbocycles. The van der Waals surface area contributed by atoms with Crippen LogP contribution >= 0.6 is 0 Å².